The molecule has 2 aromatic rings. The van der Waals surface area contributed by atoms with E-state index in [1.807, 2.05) is 0 Å². The first kappa shape index (κ1) is 22.7. The number of halogens is 4. The summed E-state index contributed by atoms with van der Waals surface area (Å²) < 4.78 is 70.8. The third-order valence-corrected chi connectivity index (χ3v) is 6.96. The molecule has 0 N–H and O–H groups in total. The van der Waals surface area contributed by atoms with Crippen molar-refractivity contribution < 1.29 is 31.1 Å². The summed E-state index contributed by atoms with van der Waals surface area (Å²) in [6, 6.07) is 10.1. The van der Waals surface area contributed by atoms with Gasteiger partial charge in [0.25, 0.3) is 0 Å². The molecule has 0 unspecified atom stereocenters. The number of hydrogen-bond acceptors (Lipinski definition) is 4. The lowest BCUT2D eigenvalue weighted by molar-refractivity contribution is -0.137. The summed E-state index contributed by atoms with van der Waals surface area (Å²) in [5.74, 6) is -0.217. The first-order valence-corrected chi connectivity index (χ1v) is 11.0. The summed E-state index contributed by atoms with van der Waals surface area (Å²) in [4.78, 5) is 11.8. The van der Waals surface area contributed by atoms with Crippen LogP contribution in [0.5, 0.6) is 0 Å². The SMILES string of the molecule is O=C(COC1CCN(S(=O)(=O)c2cccc(C(F)(F)F)c2)CC1)c1ccc(Cl)cc1. The van der Waals surface area contributed by atoms with Crippen LogP contribution in [0.2, 0.25) is 5.02 Å². The van der Waals surface area contributed by atoms with Gasteiger partial charge in [-0.2, -0.15) is 17.5 Å². The zero-order valence-corrected chi connectivity index (χ0v) is 17.3. The van der Waals surface area contributed by atoms with Crippen LogP contribution in [0, 0.1) is 0 Å². The van der Waals surface area contributed by atoms with Gasteiger partial charge in [0.15, 0.2) is 5.78 Å². The molecule has 30 heavy (non-hydrogen) atoms. The van der Waals surface area contributed by atoms with E-state index in [1.165, 1.54) is 0 Å². The van der Waals surface area contributed by atoms with Gasteiger partial charge in [0.2, 0.25) is 10.0 Å². The normalized spacial score (nSPS) is 16.5. The highest BCUT2D eigenvalue weighted by Crippen LogP contribution is 2.31. The summed E-state index contributed by atoms with van der Waals surface area (Å²) in [5, 5.41) is 0.516. The minimum Gasteiger partial charge on any atom is -0.370 e. The smallest absolute Gasteiger partial charge is 0.370 e. The third kappa shape index (κ3) is 5.40. The van der Waals surface area contributed by atoms with Crippen LogP contribution in [0.3, 0.4) is 0 Å². The number of piperidine rings is 1. The summed E-state index contributed by atoms with van der Waals surface area (Å²) in [5.41, 5.74) is -0.550. The van der Waals surface area contributed by atoms with E-state index >= 15 is 0 Å². The number of carbonyl (C=O) groups is 1. The number of ketones is 1. The molecule has 0 bridgehead atoms. The molecule has 0 aliphatic carbocycles. The van der Waals surface area contributed by atoms with Crippen LogP contribution < -0.4 is 0 Å². The van der Waals surface area contributed by atoms with Gasteiger partial charge in [-0.3, -0.25) is 4.79 Å². The van der Waals surface area contributed by atoms with Gasteiger partial charge in [-0.05, 0) is 55.3 Å². The van der Waals surface area contributed by atoms with E-state index in [-0.39, 0.29) is 31.6 Å². The maximum Gasteiger partial charge on any atom is 0.416 e. The largest absolute Gasteiger partial charge is 0.416 e. The van der Waals surface area contributed by atoms with Crippen molar-refractivity contribution in [3.05, 3.63) is 64.7 Å². The second kappa shape index (κ2) is 9.05. The molecule has 0 aromatic heterocycles. The van der Waals surface area contributed by atoms with Crippen LogP contribution in [-0.2, 0) is 20.9 Å². The fourth-order valence-electron chi connectivity index (χ4n) is 3.13. The Hall–Kier alpha value is -1.94. The number of alkyl halides is 3. The Balaban J connectivity index is 1.57. The van der Waals surface area contributed by atoms with Crippen molar-refractivity contribution in [3.8, 4) is 0 Å². The molecule has 0 saturated carbocycles. The Morgan fingerprint density at radius 2 is 1.73 bits per heavy atom. The predicted octanol–water partition coefficient (Wildman–Crippen LogP) is 4.41. The number of Topliss-reactive ketones (excluding diaryl/α,β-unsaturated/α-hetero) is 1. The molecule has 162 valence electrons. The molecule has 1 aliphatic rings. The van der Waals surface area contributed by atoms with Gasteiger partial charge in [-0.25, -0.2) is 8.42 Å². The van der Waals surface area contributed by atoms with Crippen molar-refractivity contribution in [3.63, 3.8) is 0 Å². The molecule has 3 rings (SSSR count). The van der Waals surface area contributed by atoms with Crippen molar-refractivity contribution in [2.45, 2.75) is 30.0 Å². The first-order chi connectivity index (χ1) is 14.1. The third-order valence-electron chi connectivity index (χ3n) is 4.82. The van der Waals surface area contributed by atoms with E-state index in [4.69, 9.17) is 16.3 Å². The number of hydrogen-bond donors (Lipinski definition) is 0. The molecule has 10 heteroatoms. The molecule has 0 amide bonds. The lowest BCUT2D eigenvalue weighted by Crippen LogP contribution is -2.41. The van der Waals surface area contributed by atoms with Gasteiger partial charge in [-0.15, -0.1) is 0 Å². The molecule has 0 spiro atoms. The van der Waals surface area contributed by atoms with Crippen LogP contribution in [0.25, 0.3) is 0 Å². The highest BCUT2D eigenvalue weighted by atomic mass is 35.5. The van der Waals surface area contributed by atoms with Gasteiger partial charge in [0.1, 0.15) is 6.61 Å². The van der Waals surface area contributed by atoms with Crippen molar-refractivity contribution in [1.82, 2.24) is 4.31 Å². The van der Waals surface area contributed by atoms with Gasteiger partial charge in [0.05, 0.1) is 16.6 Å². The Labute approximate surface area is 177 Å². The molecule has 1 heterocycles. The van der Waals surface area contributed by atoms with Crippen LogP contribution in [0.4, 0.5) is 13.2 Å². The van der Waals surface area contributed by atoms with Crippen molar-refractivity contribution in [2.24, 2.45) is 0 Å². The van der Waals surface area contributed by atoms with Crippen LogP contribution >= 0.6 is 11.6 Å². The summed E-state index contributed by atoms with van der Waals surface area (Å²) in [6.45, 7) is 0.0451. The zero-order valence-electron chi connectivity index (χ0n) is 15.7. The maximum atomic E-state index is 12.9. The standard InChI is InChI=1S/C20H19ClF3NO4S/c21-16-6-4-14(5-7-16)19(26)13-29-17-8-10-25(11-9-17)30(27,28)18-3-1-2-15(12-18)20(22,23)24/h1-7,12,17H,8-11,13H2. The Morgan fingerprint density at radius 1 is 1.10 bits per heavy atom. The highest BCUT2D eigenvalue weighted by Gasteiger charge is 2.34. The van der Waals surface area contributed by atoms with Gasteiger partial charge >= 0.3 is 6.18 Å². The second-order valence-corrected chi connectivity index (χ2v) is 9.24. The number of sulfonamides is 1. The zero-order chi connectivity index (χ0) is 21.9. The van der Waals surface area contributed by atoms with E-state index < -0.39 is 26.7 Å². The molecule has 2 aromatic carbocycles. The maximum absolute atomic E-state index is 12.9. The highest BCUT2D eigenvalue weighted by molar-refractivity contribution is 7.89. The number of carbonyl (C=O) groups excluding carboxylic acids is 1. The van der Waals surface area contributed by atoms with Gasteiger partial charge in [-0.1, -0.05) is 17.7 Å². The molecule has 0 radical (unpaired) electrons. The Kier molecular flexibility index (Phi) is 6.86. The van der Waals surface area contributed by atoms with Crippen molar-refractivity contribution in [1.29, 1.82) is 0 Å². The number of rotatable bonds is 6. The lowest BCUT2D eigenvalue weighted by Gasteiger charge is -2.31. The lowest BCUT2D eigenvalue weighted by atomic mass is 10.1. The first-order valence-electron chi connectivity index (χ1n) is 9.15. The average Bonchev–Trinajstić information content (AvgIpc) is 2.72. The number of ether oxygens (including phenoxy) is 1. The fourth-order valence-corrected chi connectivity index (χ4v) is 4.78. The number of nitrogens with zero attached hydrogens (tertiary/aromatic N) is 1. The molecular weight excluding hydrogens is 443 g/mol. The Morgan fingerprint density at radius 3 is 2.33 bits per heavy atom. The van der Waals surface area contributed by atoms with E-state index in [2.05, 4.69) is 0 Å². The van der Waals surface area contributed by atoms with Crippen molar-refractivity contribution in [2.75, 3.05) is 19.7 Å². The Bertz CT molecular complexity index is 1000. The molecule has 1 saturated heterocycles. The van der Waals surface area contributed by atoms with Crippen LogP contribution in [0.1, 0.15) is 28.8 Å². The minimum absolute atomic E-state index is 0.0956. The van der Waals surface area contributed by atoms with Crippen LogP contribution in [-0.4, -0.2) is 44.3 Å². The topological polar surface area (TPSA) is 63.7 Å². The van der Waals surface area contributed by atoms with Gasteiger partial charge in [0, 0.05) is 23.7 Å². The van der Waals surface area contributed by atoms with E-state index in [0.717, 1.165) is 22.5 Å². The molecule has 5 nitrogen and oxygen atoms in total. The molecule has 1 fully saturated rings. The van der Waals surface area contributed by atoms with Crippen LogP contribution in [0.15, 0.2) is 53.4 Å². The summed E-state index contributed by atoms with van der Waals surface area (Å²) >= 11 is 5.79. The quantitative estimate of drug-likeness (QED) is 0.598. The number of benzene rings is 2. The predicted molar refractivity (Wildman–Crippen MR) is 105 cm³/mol. The average molecular weight is 462 g/mol. The molecular formula is C20H19ClF3NO4S. The van der Waals surface area contributed by atoms with Gasteiger partial charge < -0.3 is 4.74 Å². The minimum atomic E-state index is -4.62. The van der Waals surface area contributed by atoms with E-state index in [1.54, 1.807) is 24.3 Å². The van der Waals surface area contributed by atoms with Crippen molar-refractivity contribution >= 4 is 27.4 Å². The molecule has 0 atom stereocenters. The van der Waals surface area contributed by atoms with E-state index in [9.17, 15) is 26.4 Å². The monoisotopic (exact) mass is 461 g/mol. The fraction of sp³-hybridized carbons (Fsp3) is 0.350. The summed E-state index contributed by atoms with van der Waals surface area (Å²) in [6.07, 6.45) is -4.25. The van der Waals surface area contributed by atoms with E-state index in [0.29, 0.717) is 29.5 Å². The molecule has 1 aliphatic heterocycles. The second-order valence-electron chi connectivity index (χ2n) is 6.87. The summed E-state index contributed by atoms with van der Waals surface area (Å²) in [7, 11) is -4.05.